The Labute approximate surface area is 139 Å². The van der Waals surface area contributed by atoms with Crippen LogP contribution >= 0.6 is 0 Å². The fourth-order valence-electron chi connectivity index (χ4n) is 2.27. The number of H-pyrrole nitrogens is 1. The summed E-state index contributed by atoms with van der Waals surface area (Å²) in [7, 11) is 0. The standard InChI is InChI=1S/C18H18N2O4/c1-3-23-17(21)7-8-24-14-6-4-5-13(10-14)15-9-12(2)20-18(22)16(15)11-19/h4-6,9-10H,3,7-8H2,1-2H3,(H,20,22). The molecule has 0 saturated carbocycles. The number of nitrogens with zero attached hydrogens (tertiary/aromatic N) is 1. The maximum absolute atomic E-state index is 11.9. The second kappa shape index (κ2) is 7.97. The second-order valence-electron chi connectivity index (χ2n) is 5.11. The zero-order chi connectivity index (χ0) is 17.5. The predicted octanol–water partition coefficient (Wildman–Crippen LogP) is 2.55. The average Bonchev–Trinajstić information content (AvgIpc) is 2.55. The molecule has 0 spiro atoms. The molecule has 2 aromatic rings. The fraction of sp³-hybridized carbons (Fsp3) is 0.278. The smallest absolute Gasteiger partial charge is 0.309 e. The summed E-state index contributed by atoms with van der Waals surface area (Å²) < 4.78 is 10.4. The van der Waals surface area contributed by atoms with Crippen LogP contribution in [0.5, 0.6) is 5.75 Å². The number of nitrogens with one attached hydrogen (secondary N) is 1. The molecule has 1 aromatic carbocycles. The summed E-state index contributed by atoms with van der Waals surface area (Å²) in [5.41, 5.74) is 1.57. The van der Waals surface area contributed by atoms with Gasteiger partial charge in [-0.1, -0.05) is 12.1 Å². The summed E-state index contributed by atoms with van der Waals surface area (Å²) in [6.45, 7) is 4.04. The number of nitriles is 1. The first-order chi connectivity index (χ1) is 11.5. The molecule has 0 aliphatic heterocycles. The quantitative estimate of drug-likeness (QED) is 0.824. The molecule has 2 rings (SSSR count). The lowest BCUT2D eigenvalue weighted by molar-refractivity contribution is -0.143. The summed E-state index contributed by atoms with van der Waals surface area (Å²) in [4.78, 5) is 25.8. The molecule has 0 bridgehead atoms. The van der Waals surface area contributed by atoms with Crippen LogP contribution in [0.25, 0.3) is 11.1 Å². The van der Waals surface area contributed by atoms with E-state index in [4.69, 9.17) is 9.47 Å². The van der Waals surface area contributed by atoms with Crippen LogP contribution in [0.2, 0.25) is 0 Å². The van der Waals surface area contributed by atoms with Gasteiger partial charge in [0.2, 0.25) is 0 Å². The molecule has 6 nitrogen and oxygen atoms in total. The van der Waals surface area contributed by atoms with Gasteiger partial charge in [0.05, 0.1) is 19.6 Å². The Morgan fingerprint density at radius 2 is 2.12 bits per heavy atom. The lowest BCUT2D eigenvalue weighted by atomic mass is 10.0. The maximum Gasteiger partial charge on any atom is 0.309 e. The van der Waals surface area contributed by atoms with E-state index in [0.717, 1.165) is 0 Å². The number of aryl methyl sites for hydroxylation is 1. The highest BCUT2D eigenvalue weighted by Gasteiger charge is 2.11. The molecule has 0 amide bonds. The van der Waals surface area contributed by atoms with Crippen molar-refractivity contribution in [1.29, 1.82) is 5.26 Å². The predicted molar refractivity (Wildman–Crippen MR) is 88.7 cm³/mol. The van der Waals surface area contributed by atoms with Crippen LogP contribution < -0.4 is 10.3 Å². The summed E-state index contributed by atoms with van der Waals surface area (Å²) in [6, 6.07) is 10.7. The van der Waals surface area contributed by atoms with E-state index in [1.54, 1.807) is 44.2 Å². The molecule has 0 fully saturated rings. The van der Waals surface area contributed by atoms with Crippen molar-refractivity contribution in [2.24, 2.45) is 0 Å². The van der Waals surface area contributed by atoms with Gasteiger partial charge in [0.15, 0.2) is 0 Å². The number of hydrogen-bond donors (Lipinski definition) is 1. The van der Waals surface area contributed by atoms with Gasteiger partial charge in [0.25, 0.3) is 5.56 Å². The first kappa shape index (κ1) is 17.3. The normalized spacial score (nSPS) is 10.0. The number of aromatic amines is 1. The number of carbonyl (C=O) groups is 1. The van der Waals surface area contributed by atoms with E-state index in [1.807, 2.05) is 6.07 Å². The number of rotatable bonds is 6. The molecule has 0 saturated heterocycles. The van der Waals surface area contributed by atoms with Crippen LogP contribution in [0.1, 0.15) is 24.6 Å². The van der Waals surface area contributed by atoms with Crippen molar-refractivity contribution in [1.82, 2.24) is 4.98 Å². The Morgan fingerprint density at radius 1 is 1.33 bits per heavy atom. The number of carbonyl (C=O) groups excluding carboxylic acids is 1. The van der Waals surface area contributed by atoms with Crippen molar-refractivity contribution in [2.45, 2.75) is 20.3 Å². The van der Waals surface area contributed by atoms with E-state index in [1.165, 1.54) is 0 Å². The highest BCUT2D eigenvalue weighted by molar-refractivity contribution is 5.71. The first-order valence-electron chi connectivity index (χ1n) is 7.58. The van der Waals surface area contributed by atoms with Gasteiger partial charge in [-0.05, 0) is 37.6 Å². The molecule has 0 aliphatic carbocycles. The van der Waals surface area contributed by atoms with Crippen LogP contribution in [-0.4, -0.2) is 24.2 Å². The zero-order valence-electron chi connectivity index (χ0n) is 13.6. The lowest BCUT2D eigenvalue weighted by Crippen LogP contribution is -2.12. The fourth-order valence-corrected chi connectivity index (χ4v) is 2.27. The van der Waals surface area contributed by atoms with Crippen LogP contribution in [-0.2, 0) is 9.53 Å². The number of hydrogen-bond acceptors (Lipinski definition) is 5. The molecule has 1 heterocycles. The lowest BCUT2D eigenvalue weighted by Gasteiger charge is -2.09. The Morgan fingerprint density at radius 3 is 2.83 bits per heavy atom. The van der Waals surface area contributed by atoms with Crippen molar-refractivity contribution in [3.8, 4) is 22.9 Å². The summed E-state index contributed by atoms with van der Waals surface area (Å²) in [6.07, 6.45) is 0.158. The van der Waals surface area contributed by atoms with Gasteiger partial charge in [-0.3, -0.25) is 9.59 Å². The van der Waals surface area contributed by atoms with Crippen LogP contribution in [0.3, 0.4) is 0 Å². The van der Waals surface area contributed by atoms with Gasteiger partial charge in [0.1, 0.15) is 17.4 Å². The van der Waals surface area contributed by atoms with Gasteiger partial charge in [0, 0.05) is 11.3 Å². The molecule has 1 aromatic heterocycles. The average molecular weight is 326 g/mol. The van der Waals surface area contributed by atoms with Gasteiger partial charge in [-0.25, -0.2) is 0 Å². The molecule has 0 unspecified atom stereocenters. The molecule has 0 aliphatic rings. The summed E-state index contributed by atoms with van der Waals surface area (Å²) >= 11 is 0. The number of aromatic nitrogens is 1. The third kappa shape index (κ3) is 4.23. The van der Waals surface area contributed by atoms with Crippen molar-refractivity contribution in [3.63, 3.8) is 0 Å². The van der Waals surface area contributed by atoms with Crippen LogP contribution in [0.4, 0.5) is 0 Å². The summed E-state index contributed by atoms with van der Waals surface area (Å²) in [5.74, 6) is 0.240. The molecular weight excluding hydrogens is 308 g/mol. The Bertz CT molecular complexity index is 834. The van der Waals surface area contributed by atoms with Crippen LogP contribution in [0.15, 0.2) is 35.1 Å². The van der Waals surface area contributed by atoms with Crippen molar-refractivity contribution < 1.29 is 14.3 Å². The SMILES string of the molecule is CCOC(=O)CCOc1cccc(-c2cc(C)[nH]c(=O)c2C#N)c1. The third-order valence-corrected chi connectivity index (χ3v) is 3.31. The molecule has 0 atom stereocenters. The minimum atomic E-state index is -0.416. The van der Waals surface area contributed by atoms with Crippen molar-refractivity contribution in [2.75, 3.05) is 13.2 Å². The second-order valence-corrected chi connectivity index (χ2v) is 5.11. The van der Waals surface area contributed by atoms with Crippen molar-refractivity contribution >= 4 is 5.97 Å². The minimum Gasteiger partial charge on any atom is -0.493 e. The van der Waals surface area contributed by atoms with E-state index in [9.17, 15) is 14.9 Å². The number of benzene rings is 1. The largest absolute Gasteiger partial charge is 0.493 e. The Balaban J connectivity index is 2.21. The monoisotopic (exact) mass is 326 g/mol. The number of ether oxygens (including phenoxy) is 2. The van der Waals surface area contributed by atoms with E-state index >= 15 is 0 Å². The first-order valence-corrected chi connectivity index (χ1v) is 7.58. The summed E-state index contributed by atoms with van der Waals surface area (Å²) in [5, 5.41) is 9.22. The highest BCUT2D eigenvalue weighted by Crippen LogP contribution is 2.25. The van der Waals surface area contributed by atoms with Gasteiger partial charge < -0.3 is 14.5 Å². The third-order valence-electron chi connectivity index (χ3n) is 3.31. The van der Waals surface area contributed by atoms with E-state index in [0.29, 0.717) is 29.2 Å². The molecule has 1 N–H and O–H groups in total. The number of esters is 1. The van der Waals surface area contributed by atoms with Gasteiger partial charge in [-0.15, -0.1) is 0 Å². The zero-order valence-corrected chi connectivity index (χ0v) is 13.6. The minimum absolute atomic E-state index is 0.0595. The number of pyridine rings is 1. The molecule has 24 heavy (non-hydrogen) atoms. The molecule has 124 valence electrons. The maximum atomic E-state index is 11.9. The van der Waals surface area contributed by atoms with Gasteiger partial charge >= 0.3 is 5.97 Å². The van der Waals surface area contributed by atoms with E-state index in [2.05, 4.69) is 4.98 Å². The van der Waals surface area contributed by atoms with Crippen LogP contribution in [0, 0.1) is 18.3 Å². The highest BCUT2D eigenvalue weighted by atomic mass is 16.5. The molecular formula is C18H18N2O4. The van der Waals surface area contributed by atoms with Crippen molar-refractivity contribution in [3.05, 3.63) is 51.9 Å². The topological polar surface area (TPSA) is 92.2 Å². The Hall–Kier alpha value is -3.07. The Kier molecular flexibility index (Phi) is 5.74. The molecule has 0 radical (unpaired) electrons. The van der Waals surface area contributed by atoms with E-state index in [-0.39, 0.29) is 24.6 Å². The van der Waals surface area contributed by atoms with E-state index < -0.39 is 5.56 Å². The molecule has 6 heteroatoms. The van der Waals surface area contributed by atoms with Gasteiger partial charge in [-0.2, -0.15) is 5.26 Å².